The zero-order valence-corrected chi connectivity index (χ0v) is 4.65. The van der Waals surface area contributed by atoms with E-state index >= 15 is 0 Å². The SMILES string of the molecule is C1=CC1.CC1=CC1. The monoisotopic (exact) mass is 94.1 g/mol. The highest BCUT2D eigenvalue weighted by atomic mass is 14.0. The van der Waals surface area contributed by atoms with Crippen LogP contribution in [0.3, 0.4) is 0 Å². The Morgan fingerprint density at radius 1 is 1.43 bits per heavy atom. The molecule has 0 heteroatoms. The molecule has 2 aliphatic rings. The van der Waals surface area contributed by atoms with Crippen molar-refractivity contribution in [2.45, 2.75) is 19.8 Å². The average Bonchev–Trinajstić information content (AvgIpc) is 2.27. The van der Waals surface area contributed by atoms with Crippen LogP contribution in [0.4, 0.5) is 0 Å². The molecule has 7 heavy (non-hydrogen) atoms. The fourth-order valence-corrected chi connectivity index (χ4v) is 0.102. The molecule has 2 aliphatic carbocycles. The molecule has 0 amide bonds. The van der Waals surface area contributed by atoms with Gasteiger partial charge in [-0.25, -0.2) is 0 Å². The first-order chi connectivity index (χ1) is 3.39. The highest BCUT2D eigenvalue weighted by Crippen LogP contribution is 2.14. The van der Waals surface area contributed by atoms with E-state index in [1.807, 2.05) is 0 Å². The predicted octanol–water partition coefficient (Wildman–Crippen LogP) is 2.28. The summed E-state index contributed by atoms with van der Waals surface area (Å²) in [4.78, 5) is 0. The van der Waals surface area contributed by atoms with Gasteiger partial charge in [-0.2, -0.15) is 0 Å². The molecule has 0 aliphatic heterocycles. The fourth-order valence-electron chi connectivity index (χ4n) is 0.102. The summed E-state index contributed by atoms with van der Waals surface area (Å²) in [5.41, 5.74) is 1.54. The van der Waals surface area contributed by atoms with E-state index in [2.05, 4.69) is 25.2 Å². The van der Waals surface area contributed by atoms with E-state index < -0.39 is 0 Å². The van der Waals surface area contributed by atoms with Crippen molar-refractivity contribution in [2.24, 2.45) is 0 Å². The smallest absolute Gasteiger partial charge is 0.0139 e. The third kappa shape index (κ3) is 5.48. The summed E-state index contributed by atoms with van der Waals surface area (Å²) in [6, 6.07) is 0. The molecule has 0 saturated heterocycles. The van der Waals surface area contributed by atoms with Crippen molar-refractivity contribution in [1.82, 2.24) is 0 Å². The molecular weight excluding hydrogens is 84.1 g/mol. The van der Waals surface area contributed by atoms with E-state index in [9.17, 15) is 0 Å². The van der Waals surface area contributed by atoms with E-state index in [4.69, 9.17) is 0 Å². The summed E-state index contributed by atoms with van der Waals surface area (Å²) < 4.78 is 0. The van der Waals surface area contributed by atoms with Crippen molar-refractivity contribution in [1.29, 1.82) is 0 Å². The second-order valence-electron chi connectivity index (χ2n) is 1.96. The van der Waals surface area contributed by atoms with Crippen LogP contribution in [0.5, 0.6) is 0 Å². The van der Waals surface area contributed by atoms with Crippen LogP contribution in [0, 0.1) is 0 Å². The lowest BCUT2D eigenvalue weighted by Crippen LogP contribution is -1.26. The quantitative estimate of drug-likeness (QED) is 0.404. The van der Waals surface area contributed by atoms with Gasteiger partial charge in [0.1, 0.15) is 0 Å². The second-order valence-corrected chi connectivity index (χ2v) is 1.96. The van der Waals surface area contributed by atoms with Gasteiger partial charge in [0, 0.05) is 0 Å². The van der Waals surface area contributed by atoms with Gasteiger partial charge in [0.2, 0.25) is 0 Å². The molecule has 2 rings (SSSR count). The number of hydrogen-bond donors (Lipinski definition) is 0. The first-order valence-electron chi connectivity index (χ1n) is 2.70. The molecule has 0 aromatic carbocycles. The minimum Gasteiger partial charge on any atom is -0.0844 e. The van der Waals surface area contributed by atoms with Crippen LogP contribution in [-0.2, 0) is 0 Å². The topological polar surface area (TPSA) is 0 Å². The van der Waals surface area contributed by atoms with Crippen LogP contribution in [0.2, 0.25) is 0 Å². The summed E-state index contributed by atoms with van der Waals surface area (Å²) in [6.07, 6.45) is 8.99. The highest BCUT2D eigenvalue weighted by molar-refractivity contribution is 5.17. The standard InChI is InChI=1S/C4H6.C3H4/c1-4-2-3-4;1-2-3-1/h2H,3H2,1H3;1-2H,3H2. The first-order valence-corrected chi connectivity index (χ1v) is 2.70. The van der Waals surface area contributed by atoms with E-state index in [1.54, 1.807) is 5.57 Å². The predicted molar refractivity (Wildman–Crippen MR) is 32.1 cm³/mol. The molecule has 38 valence electrons. The van der Waals surface area contributed by atoms with Gasteiger partial charge in [0.05, 0.1) is 0 Å². The maximum Gasteiger partial charge on any atom is -0.0139 e. The van der Waals surface area contributed by atoms with Crippen LogP contribution < -0.4 is 0 Å². The summed E-state index contributed by atoms with van der Waals surface area (Å²) in [6.45, 7) is 2.14. The van der Waals surface area contributed by atoms with Crippen LogP contribution >= 0.6 is 0 Å². The first kappa shape index (κ1) is 4.63. The third-order valence-electron chi connectivity index (χ3n) is 0.848. The van der Waals surface area contributed by atoms with E-state index in [0.717, 1.165) is 0 Å². The lowest BCUT2D eigenvalue weighted by atomic mass is 10.6. The Balaban J connectivity index is 0.0000000729. The molecule has 0 aromatic heterocycles. The number of rotatable bonds is 0. The summed E-state index contributed by atoms with van der Waals surface area (Å²) in [7, 11) is 0. The Hall–Kier alpha value is -0.520. The van der Waals surface area contributed by atoms with E-state index in [0.29, 0.717) is 0 Å². The molecule has 0 radical (unpaired) electrons. The van der Waals surface area contributed by atoms with Gasteiger partial charge in [0.15, 0.2) is 0 Å². The molecular formula is C7H10. The minimum atomic E-state index is 1.25. The lowest BCUT2D eigenvalue weighted by Gasteiger charge is -1.47. The fraction of sp³-hybridized carbons (Fsp3) is 0.429. The third-order valence-corrected chi connectivity index (χ3v) is 0.848. The second kappa shape index (κ2) is 1.97. The molecule has 0 bridgehead atoms. The zero-order valence-electron chi connectivity index (χ0n) is 4.65. The van der Waals surface area contributed by atoms with Gasteiger partial charge in [0.25, 0.3) is 0 Å². The molecule has 0 unspecified atom stereocenters. The summed E-state index contributed by atoms with van der Waals surface area (Å²) in [5.74, 6) is 0. The van der Waals surface area contributed by atoms with Gasteiger partial charge < -0.3 is 0 Å². The Kier molecular flexibility index (Phi) is 1.30. The molecule has 0 saturated carbocycles. The molecule has 0 heterocycles. The Morgan fingerprint density at radius 2 is 1.71 bits per heavy atom. The maximum atomic E-state index is 2.21. The van der Waals surface area contributed by atoms with Crippen molar-refractivity contribution >= 4 is 0 Å². The largest absolute Gasteiger partial charge is 0.0844 e. The Morgan fingerprint density at radius 3 is 1.71 bits per heavy atom. The van der Waals surface area contributed by atoms with Crippen molar-refractivity contribution in [3.63, 3.8) is 0 Å². The van der Waals surface area contributed by atoms with Gasteiger partial charge in [-0.3, -0.25) is 0 Å². The molecule has 0 fully saturated rings. The van der Waals surface area contributed by atoms with E-state index in [-0.39, 0.29) is 0 Å². The van der Waals surface area contributed by atoms with Gasteiger partial charge in [-0.1, -0.05) is 23.8 Å². The Bertz CT molecular complexity index is 103. The van der Waals surface area contributed by atoms with Crippen molar-refractivity contribution in [3.8, 4) is 0 Å². The molecule has 0 aromatic rings. The van der Waals surface area contributed by atoms with Crippen LogP contribution in [-0.4, -0.2) is 0 Å². The van der Waals surface area contributed by atoms with Gasteiger partial charge in [-0.05, 0) is 19.8 Å². The van der Waals surface area contributed by atoms with Crippen LogP contribution in [0.15, 0.2) is 23.8 Å². The van der Waals surface area contributed by atoms with Gasteiger partial charge >= 0.3 is 0 Å². The van der Waals surface area contributed by atoms with Gasteiger partial charge in [-0.15, -0.1) is 0 Å². The Labute approximate surface area is 44.5 Å². The number of hydrogen-bond acceptors (Lipinski definition) is 0. The molecule has 0 nitrogen and oxygen atoms in total. The van der Waals surface area contributed by atoms with Crippen molar-refractivity contribution in [2.75, 3.05) is 0 Å². The normalized spacial score (nSPS) is 19.3. The molecule has 0 atom stereocenters. The average molecular weight is 94.2 g/mol. The molecule has 0 N–H and O–H groups in total. The van der Waals surface area contributed by atoms with Crippen molar-refractivity contribution in [3.05, 3.63) is 23.8 Å². The molecule has 0 spiro atoms. The summed E-state index contributed by atoms with van der Waals surface area (Å²) in [5, 5.41) is 0. The zero-order chi connectivity index (χ0) is 5.11. The lowest BCUT2D eigenvalue weighted by molar-refractivity contribution is 1.48. The van der Waals surface area contributed by atoms with Crippen molar-refractivity contribution < 1.29 is 0 Å². The van der Waals surface area contributed by atoms with Crippen LogP contribution in [0.25, 0.3) is 0 Å². The van der Waals surface area contributed by atoms with E-state index in [1.165, 1.54) is 12.8 Å². The highest BCUT2D eigenvalue weighted by Gasteiger charge is 1.94. The minimum absolute atomic E-state index is 1.25. The summed E-state index contributed by atoms with van der Waals surface area (Å²) >= 11 is 0. The maximum absolute atomic E-state index is 2.21. The van der Waals surface area contributed by atoms with Crippen LogP contribution in [0.1, 0.15) is 19.8 Å². The number of allylic oxidation sites excluding steroid dienone is 4.